The van der Waals surface area contributed by atoms with Gasteiger partial charge in [0.25, 0.3) is 0 Å². The molecular formula is C4H8F3O4Si3. The maximum absolute atomic E-state index is 11.7. The first-order chi connectivity index (χ1) is 6.16. The highest BCUT2D eigenvalue weighted by Crippen LogP contribution is 2.25. The summed E-state index contributed by atoms with van der Waals surface area (Å²) < 4.78 is 60.3. The van der Waals surface area contributed by atoms with Gasteiger partial charge in [0.2, 0.25) is 0 Å². The van der Waals surface area contributed by atoms with E-state index in [2.05, 4.69) is 4.12 Å². The number of hydrogen-bond donors (Lipinski definition) is 1. The van der Waals surface area contributed by atoms with Crippen LogP contribution >= 0.6 is 0 Å². The molecule has 14 heavy (non-hydrogen) atoms. The standard InChI is InChI=1S/C4H8F3O4Si3/c1-14(10,11-13(9)12-8)3-2-4(5,6)7/h10H,2-3H2,1H3. The van der Waals surface area contributed by atoms with Crippen molar-refractivity contribution in [2.45, 2.75) is 25.2 Å². The molecule has 0 aliphatic rings. The molecule has 1 N–H and O–H groups in total. The van der Waals surface area contributed by atoms with Crippen molar-refractivity contribution in [1.82, 2.24) is 0 Å². The van der Waals surface area contributed by atoms with Crippen LogP contribution in [0.4, 0.5) is 13.2 Å². The molecule has 4 nitrogen and oxygen atoms in total. The summed E-state index contributed by atoms with van der Waals surface area (Å²) >= 11 is 0. The lowest BCUT2D eigenvalue weighted by atomic mass is 10.5. The van der Waals surface area contributed by atoms with E-state index in [0.29, 0.717) is 0 Å². The first-order valence-electron chi connectivity index (χ1n) is 3.56. The topological polar surface area (TPSA) is 63.6 Å². The van der Waals surface area contributed by atoms with Gasteiger partial charge in [0.05, 0.1) is 0 Å². The minimum Gasteiger partial charge on any atom is -0.558 e. The van der Waals surface area contributed by atoms with Crippen LogP contribution < -0.4 is 0 Å². The molecule has 0 bridgehead atoms. The lowest BCUT2D eigenvalue weighted by Gasteiger charge is -2.19. The molecule has 0 aliphatic heterocycles. The Morgan fingerprint density at radius 3 is 2.43 bits per heavy atom. The smallest absolute Gasteiger partial charge is 0.534 e. The summed E-state index contributed by atoms with van der Waals surface area (Å²) in [5, 5.41) is 0. The molecule has 0 amide bonds. The average molecular weight is 261 g/mol. The quantitative estimate of drug-likeness (QED) is 0.731. The third kappa shape index (κ3) is 7.23. The van der Waals surface area contributed by atoms with Crippen LogP contribution in [0, 0.1) is 0 Å². The maximum Gasteiger partial charge on any atom is 0.534 e. The Morgan fingerprint density at radius 2 is 2.07 bits per heavy atom. The minimum absolute atomic E-state index is 0.600. The number of alkyl halides is 3. The van der Waals surface area contributed by atoms with E-state index in [0.717, 1.165) is 6.55 Å². The molecule has 0 aromatic rings. The summed E-state index contributed by atoms with van der Waals surface area (Å²) in [6.07, 6.45) is -5.57. The summed E-state index contributed by atoms with van der Waals surface area (Å²) in [6, 6.07) is -0.600. The molecule has 1 atom stereocenters. The monoisotopic (exact) mass is 261 g/mol. The summed E-state index contributed by atoms with van der Waals surface area (Å²) in [6.45, 7) is 1.08. The van der Waals surface area contributed by atoms with Crippen LogP contribution in [-0.4, -0.2) is 36.9 Å². The Balaban J connectivity index is 4.07. The van der Waals surface area contributed by atoms with E-state index < -0.39 is 44.6 Å². The molecule has 0 saturated carbocycles. The van der Waals surface area contributed by atoms with Crippen molar-refractivity contribution in [3.63, 3.8) is 0 Å². The van der Waals surface area contributed by atoms with E-state index in [1.807, 2.05) is 0 Å². The molecular weight excluding hydrogens is 253 g/mol. The van der Waals surface area contributed by atoms with E-state index in [1.54, 1.807) is 0 Å². The van der Waals surface area contributed by atoms with Crippen molar-refractivity contribution in [3.05, 3.63) is 0 Å². The normalized spacial score (nSPS) is 15.8. The van der Waals surface area contributed by atoms with Gasteiger partial charge in [0.1, 0.15) is 0 Å². The first kappa shape index (κ1) is 13.8. The zero-order valence-electron chi connectivity index (χ0n) is 7.22. The Kier molecular flexibility index (Phi) is 4.97. The lowest BCUT2D eigenvalue weighted by molar-refractivity contribution is -0.131. The van der Waals surface area contributed by atoms with Crippen LogP contribution in [-0.2, 0) is 13.0 Å². The number of rotatable bonds is 5. The highest BCUT2D eigenvalue weighted by Gasteiger charge is 2.37. The highest BCUT2D eigenvalue weighted by atomic mass is 29.2. The fourth-order valence-electron chi connectivity index (χ4n) is 0.645. The summed E-state index contributed by atoms with van der Waals surface area (Å²) in [4.78, 5) is 9.29. The SMILES string of the molecule is C[Si](O)(CCC(F)(F)F)O[Si](=O)[Si]=O. The van der Waals surface area contributed by atoms with E-state index in [4.69, 9.17) is 0 Å². The van der Waals surface area contributed by atoms with E-state index >= 15 is 0 Å². The molecule has 0 aromatic carbocycles. The lowest BCUT2D eigenvalue weighted by Crippen LogP contribution is -2.39. The fraction of sp³-hybridized carbons (Fsp3) is 1.00. The predicted molar refractivity (Wildman–Crippen MR) is 43.3 cm³/mol. The van der Waals surface area contributed by atoms with Crippen LogP contribution in [0.15, 0.2) is 0 Å². The maximum atomic E-state index is 11.7. The molecule has 0 rings (SSSR count). The Hall–Kier alpha value is -0.199. The molecule has 0 spiro atoms. The largest absolute Gasteiger partial charge is 0.558 e. The van der Waals surface area contributed by atoms with Gasteiger partial charge < -0.3 is 17.8 Å². The van der Waals surface area contributed by atoms with Crippen molar-refractivity contribution in [1.29, 1.82) is 0 Å². The first-order valence-corrected chi connectivity index (χ1v) is 9.35. The number of hydrogen-bond acceptors (Lipinski definition) is 4. The van der Waals surface area contributed by atoms with Gasteiger partial charge in [-0.25, -0.2) is 0 Å². The van der Waals surface area contributed by atoms with Gasteiger partial charge in [0.15, 0.2) is 0 Å². The van der Waals surface area contributed by atoms with Gasteiger partial charge in [-0.15, -0.1) is 0 Å². The van der Waals surface area contributed by atoms with Crippen LogP contribution in [0.5, 0.6) is 0 Å². The van der Waals surface area contributed by atoms with Crippen molar-refractivity contribution in [3.8, 4) is 0 Å². The van der Waals surface area contributed by atoms with Crippen molar-refractivity contribution >= 4 is 25.9 Å². The fourth-order valence-corrected chi connectivity index (χ4v) is 5.92. The van der Waals surface area contributed by atoms with Gasteiger partial charge in [-0.1, -0.05) is 0 Å². The molecule has 1 radical (unpaired) electrons. The van der Waals surface area contributed by atoms with E-state index in [9.17, 15) is 26.9 Å². The van der Waals surface area contributed by atoms with Crippen molar-refractivity contribution in [2.75, 3.05) is 0 Å². The Bertz CT molecular complexity index is 228. The highest BCUT2D eigenvalue weighted by molar-refractivity contribution is 6.96. The van der Waals surface area contributed by atoms with Crippen molar-refractivity contribution < 1.29 is 31.0 Å². The summed E-state index contributed by atoms with van der Waals surface area (Å²) in [5.41, 5.74) is 0. The van der Waals surface area contributed by atoms with Gasteiger partial charge in [-0.2, -0.15) is 13.2 Å². The second-order valence-corrected chi connectivity index (χ2v) is 9.06. The number of halogens is 3. The third-order valence-electron chi connectivity index (χ3n) is 1.27. The van der Waals surface area contributed by atoms with Gasteiger partial charge >= 0.3 is 32.1 Å². The average Bonchev–Trinajstić information content (AvgIpc) is 1.99. The molecule has 10 heteroatoms. The zero-order chi connectivity index (χ0) is 11.4. The van der Waals surface area contributed by atoms with Crippen LogP contribution in [0.25, 0.3) is 0 Å². The predicted octanol–water partition coefficient (Wildman–Crippen LogP) is 0.485. The van der Waals surface area contributed by atoms with E-state index in [-0.39, 0.29) is 0 Å². The second-order valence-electron chi connectivity index (χ2n) is 2.78. The second kappa shape index (κ2) is 5.04. The molecule has 0 heterocycles. The van der Waals surface area contributed by atoms with Crippen LogP contribution in [0.3, 0.4) is 0 Å². The van der Waals surface area contributed by atoms with Crippen LogP contribution in [0.2, 0.25) is 12.6 Å². The zero-order valence-corrected chi connectivity index (χ0v) is 10.2. The van der Waals surface area contributed by atoms with Gasteiger partial charge in [0, 0.05) is 12.5 Å². The summed E-state index contributed by atoms with van der Waals surface area (Å²) in [7, 11) is -7.70. The Morgan fingerprint density at radius 1 is 1.57 bits per heavy atom. The van der Waals surface area contributed by atoms with Gasteiger partial charge in [-0.3, -0.25) is 0 Å². The van der Waals surface area contributed by atoms with E-state index in [1.165, 1.54) is 0 Å². The van der Waals surface area contributed by atoms with Crippen molar-refractivity contribution in [2.24, 2.45) is 0 Å². The molecule has 0 fully saturated rings. The molecule has 1 unspecified atom stereocenters. The summed E-state index contributed by atoms with van der Waals surface area (Å²) in [5.74, 6) is 0. The molecule has 0 saturated heterocycles. The minimum atomic E-state index is -4.38. The molecule has 0 aromatic heterocycles. The molecule has 81 valence electrons. The Labute approximate surface area is 82.8 Å². The van der Waals surface area contributed by atoms with Gasteiger partial charge in [-0.05, 0) is 6.55 Å². The molecule has 0 aliphatic carbocycles. The third-order valence-corrected chi connectivity index (χ3v) is 6.53. The van der Waals surface area contributed by atoms with Crippen LogP contribution in [0.1, 0.15) is 6.42 Å².